The zero-order valence-electron chi connectivity index (χ0n) is 11.4. The molecule has 0 saturated carbocycles. The fourth-order valence-corrected chi connectivity index (χ4v) is 3.97. The molecule has 0 spiro atoms. The first-order valence-corrected chi connectivity index (χ1v) is 8.38. The topological polar surface area (TPSA) is 92.4 Å². The monoisotopic (exact) mass is 316 g/mol. The zero-order chi connectivity index (χ0) is 14.9. The average molecular weight is 316 g/mol. The van der Waals surface area contributed by atoms with Gasteiger partial charge in [-0.15, -0.1) is 11.3 Å². The Morgan fingerprint density at radius 3 is 2.70 bits per heavy atom. The van der Waals surface area contributed by atoms with Crippen LogP contribution in [0.3, 0.4) is 0 Å². The molecule has 110 valence electrons. The van der Waals surface area contributed by atoms with E-state index in [1.807, 2.05) is 19.2 Å². The second-order valence-electron chi connectivity index (χ2n) is 4.63. The van der Waals surface area contributed by atoms with Crippen LogP contribution in [0.4, 0.5) is 5.13 Å². The lowest BCUT2D eigenvalue weighted by Crippen LogP contribution is -2.13. The molecular formula is C12H16N2O4S2. The molecule has 8 heteroatoms. The van der Waals surface area contributed by atoms with Crippen molar-refractivity contribution in [3.63, 3.8) is 0 Å². The molecule has 2 aromatic rings. The van der Waals surface area contributed by atoms with Gasteiger partial charge in [0.25, 0.3) is 10.0 Å². The summed E-state index contributed by atoms with van der Waals surface area (Å²) in [5.74, 6) is 0.688. The van der Waals surface area contributed by atoms with Crippen molar-refractivity contribution in [3.05, 3.63) is 28.7 Å². The minimum Gasteiger partial charge on any atom is -0.462 e. The van der Waals surface area contributed by atoms with Crippen molar-refractivity contribution in [1.29, 1.82) is 0 Å². The number of nitrogens with zero attached hydrogens (tertiary/aromatic N) is 1. The highest BCUT2D eigenvalue weighted by atomic mass is 32.2. The van der Waals surface area contributed by atoms with Gasteiger partial charge in [0.15, 0.2) is 5.13 Å². The lowest BCUT2D eigenvalue weighted by atomic mass is 10.2. The normalized spacial score (nSPS) is 12.1. The SMILES string of the molecule is Cc1oc(CO)cc1S(=O)(=O)Nc1nc(C(C)C)cs1. The van der Waals surface area contributed by atoms with Gasteiger partial charge in [0.05, 0.1) is 5.69 Å². The maximum atomic E-state index is 12.2. The number of sulfonamides is 1. The number of aryl methyl sites for hydroxylation is 1. The molecule has 0 bridgehead atoms. The van der Waals surface area contributed by atoms with Crippen LogP contribution in [-0.4, -0.2) is 18.5 Å². The Hall–Kier alpha value is -1.38. The van der Waals surface area contributed by atoms with Gasteiger partial charge in [-0.05, 0) is 12.8 Å². The van der Waals surface area contributed by atoms with E-state index in [0.29, 0.717) is 5.13 Å². The molecule has 0 radical (unpaired) electrons. The maximum Gasteiger partial charge on any atom is 0.267 e. The summed E-state index contributed by atoms with van der Waals surface area (Å²) in [5.41, 5.74) is 0.840. The quantitative estimate of drug-likeness (QED) is 0.884. The number of aliphatic hydroxyl groups is 1. The summed E-state index contributed by atoms with van der Waals surface area (Å²) in [6, 6.07) is 1.31. The van der Waals surface area contributed by atoms with Crippen LogP contribution in [0.1, 0.15) is 37.0 Å². The van der Waals surface area contributed by atoms with Crippen molar-refractivity contribution in [2.75, 3.05) is 4.72 Å². The highest BCUT2D eigenvalue weighted by Crippen LogP contribution is 2.26. The Labute approximate surface area is 121 Å². The Bertz CT molecular complexity index is 701. The largest absolute Gasteiger partial charge is 0.462 e. The molecule has 2 N–H and O–H groups in total. The molecule has 0 unspecified atom stereocenters. The Morgan fingerprint density at radius 2 is 2.20 bits per heavy atom. The fraction of sp³-hybridized carbons (Fsp3) is 0.417. The van der Waals surface area contributed by atoms with E-state index in [0.717, 1.165) is 5.69 Å². The number of aromatic nitrogens is 1. The highest BCUT2D eigenvalue weighted by Gasteiger charge is 2.22. The summed E-state index contributed by atoms with van der Waals surface area (Å²) >= 11 is 1.24. The third kappa shape index (κ3) is 3.02. The summed E-state index contributed by atoms with van der Waals surface area (Å²) in [6.07, 6.45) is 0. The number of nitrogens with one attached hydrogen (secondary N) is 1. The molecule has 0 amide bonds. The van der Waals surface area contributed by atoms with Crippen LogP contribution >= 0.6 is 11.3 Å². The second-order valence-corrected chi connectivity index (χ2v) is 7.14. The number of thiazole rings is 1. The van der Waals surface area contributed by atoms with Gasteiger partial charge in [-0.3, -0.25) is 4.72 Å². The van der Waals surface area contributed by atoms with Crippen LogP contribution in [0.15, 0.2) is 20.8 Å². The van der Waals surface area contributed by atoms with Crippen LogP contribution in [0.2, 0.25) is 0 Å². The van der Waals surface area contributed by atoms with E-state index in [1.54, 1.807) is 0 Å². The first-order valence-electron chi connectivity index (χ1n) is 6.02. The van der Waals surface area contributed by atoms with E-state index in [4.69, 9.17) is 9.52 Å². The van der Waals surface area contributed by atoms with Crippen molar-refractivity contribution >= 4 is 26.5 Å². The Morgan fingerprint density at radius 1 is 1.50 bits per heavy atom. The molecule has 0 aliphatic rings. The van der Waals surface area contributed by atoms with Crippen molar-refractivity contribution in [2.24, 2.45) is 0 Å². The number of furan rings is 1. The average Bonchev–Trinajstić information content (AvgIpc) is 2.95. The summed E-state index contributed by atoms with van der Waals surface area (Å²) in [4.78, 5) is 4.24. The zero-order valence-corrected chi connectivity index (χ0v) is 13.0. The van der Waals surface area contributed by atoms with Gasteiger partial charge in [-0.1, -0.05) is 13.8 Å². The maximum absolute atomic E-state index is 12.2. The highest BCUT2D eigenvalue weighted by molar-refractivity contribution is 7.93. The van der Waals surface area contributed by atoms with E-state index < -0.39 is 10.0 Å². The van der Waals surface area contributed by atoms with Crippen molar-refractivity contribution < 1.29 is 17.9 Å². The van der Waals surface area contributed by atoms with Gasteiger partial charge in [0.2, 0.25) is 0 Å². The predicted molar refractivity (Wildman–Crippen MR) is 76.4 cm³/mol. The predicted octanol–water partition coefficient (Wildman–Crippen LogP) is 2.46. The molecule has 0 aromatic carbocycles. The molecule has 2 heterocycles. The van der Waals surface area contributed by atoms with Crippen LogP contribution in [0.5, 0.6) is 0 Å². The van der Waals surface area contributed by atoms with Gasteiger partial charge in [-0.2, -0.15) is 0 Å². The number of aliphatic hydroxyl groups excluding tert-OH is 1. The van der Waals surface area contributed by atoms with E-state index in [1.165, 1.54) is 24.3 Å². The second kappa shape index (κ2) is 5.55. The van der Waals surface area contributed by atoms with Crippen molar-refractivity contribution in [1.82, 2.24) is 4.98 Å². The molecule has 0 saturated heterocycles. The smallest absolute Gasteiger partial charge is 0.267 e. The van der Waals surface area contributed by atoms with Gasteiger partial charge >= 0.3 is 0 Å². The van der Waals surface area contributed by atoms with Crippen LogP contribution in [-0.2, 0) is 16.6 Å². The first-order chi connectivity index (χ1) is 9.33. The van der Waals surface area contributed by atoms with Crippen LogP contribution in [0.25, 0.3) is 0 Å². The standard InChI is InChI=1S/C12H16N2O4S2/c1-7(2)10-6-19-12(13-10)14-20(16,17)11-4-9(5-15)18-8(11)3/h4,6-7,15H,5H2,1-3H3,(H,13,14). The lowest BCUT2D eigenvalue weighted by Gasteiger charge is -2.03. The third-order valence-electron chi connectivity index (χ3n) is 2.70. The molecule has 0 aliphatic carbocycles. The summed E-state index contributed by atoms with van der Waals surface area (Å²) < 4.78 is 32.1. The fourth-order valence-electron chi connectivity index (χ4n) is 1.64. The first kappa shape index (κ1) is 15.0. The van der Waals surface area contributed by atoms with Gasteiger partial charge in [-0.25, -0.2) is 13.4 Å². The van der Waals surface area contributed by atoms with E-state index >= 15 is 0 Å². The minimum absolute atomic E-state index is 0.0165. The molecule has 0 atom stereocenters. The van der Waals surface area contributed by atoms with Crippen molar-refractivity contribution in [2.45, 2.75) is 38.2 Å². The van der Waals surface area contributed by atoms with Gasteiger partial charge in [0.1, 0.15) is 23.0 Å². The van der Waals surface area contributed by atoms with E-state index in [2.05, 4.69) is 9.71 Å². The summed E-state index contributed by atoms with van der Waals surface area (Å²) in [6.45, 7) is 5.17. The minimum atomic E-state index is -3.75. The number of anilines is 1. The lowest BCUT2D eigenvalue weighted by molar-refractivity contribution is 0.245. The number of hydrogen-bond acceptors (Lipinski definition) is 6. The molecular weight excluding hydrogens is 300 g/mol. The molecule has 2 rings (SSSR count). The van der Waals surface area contributed by atoms with Gasteiger partial charge < -0.3 is 9.52 Å². The molecule has 0 fully saturated rings. The van der Waals surface area contributed by atoms with Crippen LogP contribution in [0, 0.1) is 6.92 Å². The molecule has 20 heavy (non-hydrogen) atoms. The Balaban J connectivity index is 2.28. The molecule has 6 nitrogen and oxygen atoms in total. The summed E-state index contributed by atoms with van der Waals surface area (Å²) in [7, 11) is -3.75. The number of hydrogen-bond donors (Lipinski definition) is 2. The van der Waals surface area contributed by atoms with Gasteiger partial charge in [0, 0.05) is 11.4 Å². The van der Waals surface area contributed by atoms with E-state index in [-0.39, 0.29) is 28.9 Å². The van der Waals surface area contributed by atoms with E-state index in [9.17, 15) is 8.42 Å². The molecule has 2 aromatic heterocycles. The number of rotatable bonds is 5. The van der Waals surface area contributed by atoms with Crippen LogP contribution < -0.4 is 4.72 Å². The Kier molecular flexibility index (Phi) is 4.17. The third-order valence-corrected chi connectivity index (χ3v) is 5.06. The molecule has 0 aliphatic heterocycles. The van der Waals surface area contributed by atoms with Crippen molar-refractivity contribution in [3.8, 4) is 0 Å². The summed E-state index contributed by atoms with van der Waals surface area (Å²) in [5, 5.41) is 11.1.